The van der Waals surface area contributed by atoms with Gasteiger partial charge in [0, 0.05) is 22.5 Å². The number of ketones is 1. The maximum absolute atomic E-state index is 11.9. The third-order valence-electron chi connectivity index (χ3n) is 9.65. The van der Waals surface area contributed by atoms with E-state index in [0.29, 0.717) is 17.8 Å². The van der Waals surface area contributed by atoms with Crippen molar-refractivity contribution in [1.82, 2.24) is 0 Å². The summed E-state index contributed by atoms with van der Waals surface area (Å²) in [6.45, 7) is 11.3. The van der Waals surface area contributed by atoms with Crippen molar-refractivity contribution in [3.05, 3.63) is 23.8 Å². The van der Waals surface area contributed by atoms with Crippen molar-refractivity contribution in [2.45, 2.75) is 72.8 Å². The summed E-state index contributed by atoms with van der Waals surface area (Å²) in [5.74, 6) is 1.76. The van der Waals surface area contributed by atoms with Crippen LogP contribution in [0.4, 0.5) is 0 Å². The van der Waals surface area contributed by atoms with Crippen molar-refractivity contribution in [2.75, 3.05) is 0 Å². The highest BCUT2D eigenvalue weighted by molar-refractivity contribution is 6.01. The van der Waals surface area contributed by atoms with Crippen molar-refractivity contribution in [2.24, 2.45) is 39.9 Å². The average molecular weight is 370 g/mol. The van der Waals surface area contributed by atoms with Gasteiger partial charge < -0.3 is 10.5 Å². The van der Waals surface area contributed by atoms with E-state index in [1.54, 1.807) is 6.08 Å². The van der Waals surface area contributed by atoms with Crippen molar-refractivity contribution < 1.29 is 9.90 Å². The van der Waals surface area contributed by atoms with Crippen LogP contribution in [-0.4, -0.2) is 22.7 Å². The Kier molecular flexibility index (Phi) is 4.17. The predicted molar refractivity (Wildman–Crippen MR) is 109 cm³/mol. The largest absolute Gasteiger partial charge is 0.393 e. The summed E-state index contributed by atoms with van der Waals surface area (Å²) in [6.07, 6.45) is 9.98. The molecule has 3 heteroatoms. The molecule has 0 bridgehead atoms. The van der Waals surface area contributed by atoms with Gasteiger partial charge in [-0.25, -0.2) is 0 Å². The molecular weight excluding hydrogens is 334 g/mol. The molecule has 0 saturated heterocycles. The Labute approximate surface area is 163 Å². The molecule has 27 heavy (non-hydrogen) atoms. The van der Waals surface area contributed by atoms with E-state index in [1.165, 1.54) is 5.57 Å². The molecule has 3 fully saturated rings. The number of fused-ring (bicyclic) bond motifs is 5. The van der Waals surface area contributed by atoms with Gasteiger partial charge in [0.1, 0.15) is 0 Å². The standard InChI is InChI=1S/C24H35NO2/c1-6-20(25)24(5)14(2)11-18-17-8-7-15-12-16(26)9-10-22(15,3)21(17)19(27)13-23(18,24)4/h9-10,12,14,17-19,21,25,27H,6-8,11,13H2,1-5H3/t14-,17+,18+,19+,21-,22+,23+,24-/m1/s1. The Morgan fingerprint density at radius 3 is 2.70 bits per heavy atom. The van der Waals surface area contributed by atoms with Crippen LogP contribution in [0.2, 0.25) is 0 Å². The van der Waals surface area contributed by atoms with Crippen LogP contribution < -0.4 is 0 Å². The number of aliphatic hydroxyl groups excluding tert-OH is 1. The summed E-state index contributed by atoms with van der Waals surface area (Å²) >= 11 is 0. The van der Waals surface area contributed by atoms with E-state index < -0.39 is 0 Å². The summed E-state index contributed by atoms with van der Waals surface area (Å²) < 4.78 is 0. The van der Waals surface area contributed by atoms with Crippen LogP contribution >= 0.6 is 0 Å². The van der Waals surface area contributed by atoms with E-state index in [9.17, 15) is 9.90 Å². The molecule has 0 heterocycles. The molecule has 0 aliphatic heterocycles. The monoisotopic (exact) mass is 369 g/mol. The number of hydrogen-bond donors (Lipinski definition) is 2. The van der Waals surface area contributed by atoms with Gasteiger partial charge in [-0.15, -0.1) is 0 Å². The van der Waals surface area contributed by atoms with Gasteiger partial charge in [-0.1, -0.05) is 46.3 Å². The van der Waals surface area contributed by atoms with E-state index in [-0.39, 0.29) is 34.1 Å². The summed E-state index contributed by atoms with van der Waals surface area (Å²) in [5, 5.41) is 20.2. The van der Waals surface area contributed by atoms with Crippen LogP contribution in [-0.2, 0) is 4.79 Å². The topological polar surface area (TPSA) is 61.2 Å². The van der Waals surface area contributed by atoms with E-state index in [4.69, 9.17) is 5.41 Å². The Morgan fingerprint density at radius 1 is 1.33 bits per heavy atom. The lowest BCUT2D eigenvalue weighted by Gasteiger charge is -2.60. The van der Waals surface area contributed by atoms with E-state index in [1.807, 2.05) is 6.08 Å². The summed E-state index contributed by atoms with van der Waals surface area (Å²) in [4.78, 5) is 11.9. The minimum atomic E-state index is -0.378. The Hall–Kier alpha value is -1.22. The van der Waals surface area contributed by atoms with Gasteiger partial charge in [0.25, 0.3) is 0 Å². The Balaban J connectivity index is 1.78. The molecule has 4 aliphatic carbocycles. The SMILES string of the molecule is CCC(=N)[C@@]1(C)[C@H](C)C[C@H]2[C@@H]3CCC4=CC(=O)C=C[C@]4(C)[C@H]3[C@@H](O)C[C@@]21C. The van der Waals surface area contributed by atoms with Gasteiger partial charge >= 0.3 is 0 Å². The second-order valence-corrected chi connectivity index (χ2v) is 10.4. The highest BCUT2D eigenvalue weighted by atomic mass is 16.3. The number of hydrogen-bond acceptors (Lipinski definition) is 3. The molecule has 0 radical (unpaired) electrons. The number of aliphatic hydroxyl groups is 1. The molecule has 0 spiro atoms. The zero-order valence-corrected chi connectivity index (χ0v) is 17.5. The second-order valence-electron chi connectivity index (χ2n) is 10.4. The summed E-state index contributed by atoms with van der Waals surface area (Å²) in [7, 11) is 0. The van der Waals surface area contributed by atoms with Crippen molar-refractivity contribution in [3.63, 3.8) is 0 Å². The average Bonchev–Trinajstić information content (AvgIpc) is 2.82. The number of rotatable bonds is 2. The molecule has 2 N–H and O–H groups in total. The molecular formula is C24H35NO2. The zero-order chi connectivity index (χ0) is 19.8. The van der Waals surface area contributed by atoms with Crippen LogP contribution in [0.1, 0.15) is 66.7 Å². The van der Waals surface area contributed by atoms with Gasteiger partial charge in [-0.05, 0) is 67.4 Å². The fourth-order valence-corrected chi connectivity index (χ4v) is 7.89. The highest BCUT2D eigenvalue weighted by Crippen LogP contribution is 2.71. The summed E-state index contributed by atoms with van der Waals surface area (Å²) in [6, 6.07) is 0. The van der Waals surface area contributed by atoms with E-state index in [0.717, 1.165) is 37.8 Å². The van der Waals surface area contributed by atoms with Crippen LogP contribution in [0, 0.1) is 45.3 Å². The molecule has 3 saturated carbocycles. The van der Waals surface area contributed by atoms with E-state index >= 15 is 0 Å². The maximum Gasteiger partial charge on any atom is 0.178 e. The lowest BCUT2D eigenvalue weighted by atomic mass is 9.44. The molecule has 3 nitrogen and oxygen atoms in total. The number of carbonyl (C=O) groups is 1. The first-order chi connectivity index (χ1) is 12.6. The lowest BCUT2D eigenvalue weighted by Crippen LogP contribution is -2.58. The van der Waals surface area contributed by atoms with Gasteiger partial charge in [0.05, 0.1) is 6.10 Å². The van der Waals surface area contributed by atoms with Crippen LogP contribution in [0.25, 0.3) is 0 Å². The van der Waals surface area contributed by atoms with Gasteiger partial charge in [0.15, 0.2) is 5.78 Å². The normalized spacial score (nSPS) is 51.3. The van der Waals surface area contributed by atoms with Gasteiger partial charge in [-0.2, -0.15) is 0 Å². The molecule has 0 amide bonds. The minimum absolute atomic E-state index is 0.0220. The zero-order valence-electron chi connectivity index (χ0n) is 17.5. The predicted octanol–water partition coefficient (Wildman–Crippen LogP) is 4.95. The molecule has 4 rings (SSSR count). The second kappa shape index (κ2) is 5.89. The fourth-order valence-electron chi connectivity index (χ4n) is 7.89. The molecule has 0 aromatic heterocycles. The quantitative estimate of drug-likeness (QED) is 0.677. The Bertz CT molecular complexity index is 751. The van der Waals surface area contributed by atoms with Crippen molar-refractivity contribution in [3.8, 4) is 0 Å². The van der Waals surface area contributed by atoms with Gasteiger partial charge in [0.2, 0.25) is 0 Å². The first-order valence-electron chi connectivity index (χ1n) is 10.8. The third kappa shape index (κ3) is 2.24. The maximum atomic E-state index is 11.9. The molecule has 0 aromatic rings. The first-order valence-corrected chi connectivity index (χ1v) is 10.8. The van der Waals surface area contributed by atoms with Crippen molar-refractivity contribution >= 4 is 11.5 Å². The van der Waals surface area contributed by atoms with E-state index in [2.05, 4.69) is 40.7 Å². The summed E-state index contributed by atoms with van der Waals surface area (Å²) in [5.41, 5.74) is 1.72. The molecule has 0 aromatic carbocycles. The van der Waals surface area contributed by atoms with Crippen LogP contribution in [0.3, 0.4) is 0 Å². The smallest absolute Gasteiger partial charge is 0.178 e. The third-order valence-corrected chi connectivity index (χ3v) is 9.65. The molecule has 0 unspecified atom stereocenters. The molecule has 148 valence electrons. The molecule has 4 aliphatic rings. The fraction of sp³-hybridized carbons (Fsp3) is 0.750. The minimum Gasteiger partial charge on any atom is -0.393 e. The first kappa shape index (κ1) is 19.1. The number of nitrogens with one attached hydrogen (secondary N) is 1. The lowest BCUT2D eigenvalue weighted by molar-refractivity contribution is -0.124. The highest BCUT2D eigenvalue weighted by Gasteiger charge is 2.67. The number of allylic oxidation sites excluding steroid dienone is 4. The van der Waals surface area contributed by atoms with Gasteiger partial charge in [-0.3, -0.25) is 4.79 Å². The molecule has 8 atom stereocenters. The van der Waals surface area contributed by atoms with Crippen LogP contribution in [0.5, 0.6) is 0 Å². The Morgan fingerprint density at radius 2 is 2.04 bits per heavy atom. The van der Waals surface area contributed by atoms with Crippen molar-refractivity contribution in [1.29, 1.82) is 5.41 Å². The van der Waals surface area contributed by atoms with Crippen LogP contribution in [0.15, 0.2) is 23.8 Å². The number of carbonyl (C=O) groups excluding carboxylic acids is 1.